The minimum atomic E-state index is -0.669. The third-order valence-corrected chi connectivity index (χ3v) is 5.13. The van der Waals surface area contributed by atoms with Gasteiger partial charge in [0.1, 0.15) is 6.10 Å². The molecule has 5 nitrogen and oxygen atoms in total. The van der Waals surface area contributed by atoms with Gasteiger partial charge >= 0.3 is 0 Å². The number of ether oxygens (including phenoxy) is 1. The molecule has 0 aromatic heterocycles. The van der Waals surface area contributed by atoms with Crippen molar-refractivity contribution in [2.24, 2.45) is 0 Å². The van der Waals surface area contributed by atoms with E-state index in [4.69, 9.17) is 4.74 Å². The number of piperidine rings is 1. The average Bonchev–Trinajstić information content (AvgIpc) is 2.73. The van der Waals surface area contributed by atoms with Crippen LogP contribution < -0.4 is 0 Å². The first-order valence-corrected chi connectivity index (χ1v) is 9.95. The molecule has 2 aromatic carbocycles. The number of β-amino-alcohol motifs (C(OH)–C–C–N with tert-alkyl or cyclic N) is 1. The first-order valence-electron chi connectivity index (χ1n) is 9.95. The Morgan fingerprint density at radius 2 is 1.64 bits per heavy atom. The van der Waals surface area contributed by atoms with Gasteiger partial charge in [-0.3, -0.25) is 4.79 Å². The van der Waals surface area contributed by atoms with Crippen molar-refractivity contribution in [2.45, 2.75) is 37.6 Å². The van der Waals surface area contributed by atoms with Crippen LogP contribution in [0.25, 0.3) is 0 Å². The van der Waals surface area contributed by atoms with Crippen molar-refractivity contribution in [1.29, 1.82) is 0 Å². The third-order valence-electron chi connectivity index (χ3n) is 5.13. The van der Waals surface area contributed by atoms with Gasteiger partial charge in [0.15, 0.2) is 5.78 Å². The molecule has 150 valence electrons. The number of carbonyl (C=O) groups excluding carboxylic acids is 1. The smallest absolute Gasteiger partial charge is 0.191 e. The van der Waals surface area contributed by atoms with Crippen LogP contribution in [0.4, 0.5) is 0 Å². The molecule has 0 spiro atoms. The summed E-state index contributed by atoms with van der Waals surface area (Å²) in [5, 5.41) is 20.0. The van der Waals surface area contributed by atoms with E-state index in [1.54, 1.807) is 12.1 Å². The SMILES string of the molecule is O=C(c1ccccc1)C(Cc1ccccc1)OCC(O)CN1CCC(O)CC1. The lowest BCUT2D eigenvalue weighted by molar-refractivity contribution is -0.0203. The number of benzene rings is 2. The number of carbonyl (C=O) groups is 1. The van der Waals surface area contributed by atoms with E-state index in [9.17, 15) is 15.0 Å². The van der Waals surface area contributed by atoms with E-state index in [0.717, 1.165) is 31.5 Å². The van der Waals surface area contributed by atoms with Gasteiger partial charge in [-0.1, -0.05) is 60.7 Å². The van der Waals surface area contributed by atoms with E-state index in [1.165, 1.54) is 0 Å². The molecule has 28 heavy (non-hydrogen) atoms. The molecule has 2 atom stereocenters. The largest absolute Gasteiger partial charge is 0.393 e. The lowest BCUT2D eigenvalue weighted by Gasteiger charge is -2.31. The topological polar surface area (TPSA) is 70.0 Å². The molecule has 3 rings (SSSR count). The molecule has 0 radical (unpaired) electrons. The number of aliphatic hydroxyl groups excluding tert-OH is 2. The molecule has 5 heteroatoms. The summed E-state index contributed by atoms with van der Waals surface area (Å²) in [5.74, 6) is -0.0715. The van der Waals surface area contributed by atoms with Crippen LogP contribution >= 0.6 is 0 Å². The molecule has 1 aliphatic heterocycles. The zero-order valence-corrected chi connectivity index (χ0v) is 16.1. The highest BCUT2D eigenvalue weighted by atomic mass is 16.5. The van der Waals surface area contributed by atoms with Crippen molar-refractivity contribution < 1.29 is 19.7 Å². The average molecular weight is 383 g/mol. The summed E-state index contributed by atoms with van der Waals surface area (Å²) in [6, 6.07) is 18.9. The minimum absolute atomic E-state index is 0.0715. The highest BCUT2D eigenvalue weighted by Crippen LogP contribution is 2.14. The number of hydrogen-bond acceptors (Lipinski definition) is 5. The number of likely N-dealkylation sites (tertiary alicyclic amines) is 1. The quantitative estimate of drug-likeness (QED) is 0.651. The van der Waals surface area contributed by atoms with Crippen molar-refractivity contribution in [3.8, 4) is 0 Å². The normalized spacial score (nSPS) is 17.9. The van der Waals surface area contributed by atoms with E-state index < -0.39 is 12.2 Å². The van der Waals surface area contributed by atoms with Crippen molar-refractivity contribution in [3.63, 3.8) is 0 Å². The van der Waals surface area contributed by atoms with Crippen LogP contribution in [0.1, 0.15) is 28.8 Å². The third kappa shape index (κ3) is 6.24. The maximum Gasteiger partial charge on any atom is 0.191 e. The van der Waals surface area contributed by atoms with Gasteiger partial charge in [-0.2, -0.15) is 0 Å². The zero-order valence-electron chi connectivity index (χ0n) is 16.1. The Morgan fingerprint density at radius 3 is 2.29 bits per heavy atom. The maximum atomic E-state index is 12.9. The predicted octanol–water partition coefficient (Wildman–Crippen LogP) is 2.31. The molecular weight excluding hydrogens is 354 g/mol. The molecule has 0 saturated carbocycles. The van der Waals surface area contributed by atoms with Crippen LogP contribution in [0, 0.1) is 0 Å². The van der Waals surface area contributed by atoms with Crippen LogP contribution in [0.2, 0.25) is 0 Å². The summed E-state index contributed by atoms with van der Waals surface area (Å²) in [5.41, 5.74) is 1.64. The Balaban J connectivity index is 1.59. The second-order valence-electron chi connectivity index (χ2n) is 7.43. The molecule has 1 saturated heterocycles. The Bertz CT molecular complexity index is 714. The molecular formula is C23H29NO4. The Kier molecular flexibility index (Phi) is 7.74. The van der Waals surface area contributed by atoms with Crippen molar-refractivity contribution in [1.82, 2.24) is 4.90 Å². The Hall–Kier alpha value is -2.05. The second-order valence-corrected chi connectivity index (χ2v) is 7.43. The number of ketones is 1. The molecule has 1 aliphatic rings. The van der Waals surface area contributed by atoms with E-state index in [0.29, 0.717) is 18.5 Å². The van der Waals surface area contributed by atoms with Crippen LogP contribution in [0.5, 0.6) is 0 Å². The number of hydrogen-bond donors (Lipinski definition) is 2. The predicted molar refractivity (Wildman–Crippen MR) is 108 cm³/mol. The van der Waals surface area contributed by atoms with Crippen LogP contribution in [-0.2, 0) is 11.2 Å². The molecule has 2 aromatic rings. The van der Waals surface area contributed by atoms with Gasteiger partial charge in [0, 0.05) is 31.6 Å². The van der Waals surface area contributed by atoms with E-state index in [2.05, 4.69) is 4.90 Å². The van der Waals surface area contributed by atoms with Gasteiger partial charge in [0.25, 0.3) is 0 Å². The highest BCUT2D eigenvalue weighted by Gasteiger charge is 2.24. The first kappa shape index (κ1) is 20.7. The van der Waals surface area contributed by atoms with E-state index in [-0.39, 0.29) is 18.5 Å². The standard InChI is InChI=1S/C23H29NO4/c25-20-11-13-24(14-12-20)16-21(26)17-28-22(15-18-7-3-1-4-8-18)23(27)19-9-5-2-6-10-19/h1-10,20-22,25-26H,11-17H2. The molecule has 0 aliphatic carbocycles. The number of rotatable bonds is 9. The summed E-state index contributed by atoms with van der Waals surface area (Å²) < 4.78 is 5.91. The van der Waals surface area contributed by atoms with Crippen LogP contribution in [0.15, 0.2) is 60.7 Å². The fraction of sp³-hybridized carbons (Fsp3) is 0.435. The van der Waals surface area contributed by atoms with Gasteiger partial charge < -0.3 is 19.8 Å². The van der Waals surface area contributed by atoms with Gasteiger partial charge in [-0.15, -0.1) is 0 Å². The van der Waals surface area contributed by atoms with E-state index in [1.807, 2.05) is 48.5 Å². The fourth-order valence-electron chi connectivity index (χ4n) is 3.52. The Labute approximate surface area is 166 Å². The lowest BCUT2D eigenvalue weighted by atomic mass is 10.00. The molecule has 1 fully saturated rings. The maximum absolute atomic E-state index is 12.9. The molecule has 2 N–H and O–H groups in total. The van der Waals surface area contributed by atoms with Crippen molar-refractivity contribution in [2.75, 3.05) is 26.2 Å². The monoisotopic (exact) mass is 383 g/mol. The summed E-state index contributed by atoms with van der Waals surface area (Å²) >= 11 is 0. The number of aliphatic hydroxyl groups is 2. The van der Waals surface area contributed by atoms with E-state index >= 15 is 0 Å². The van der Waals surface area contributed by atoms with Gasteiger partial charge in [-0.25, -0.2) is 0 Å². The molecule has 1 heterocycles. The zero-order chi connectivity index (χ0) is 19.8. The first-order chi connectivity index (χ1) is 13.6. The summed E-state index contributed by atoms with van der Waals surface area (Å²) in [7, 11) is 0. The van der Waals surface area contributed by atoms with Gasteiger partial charge in [0.05, 0.1) is 18.8 Å². The summed E-state index contributed by atoms with van der Waals surface area (Å²) in [4.78, 5) is 15.1. The number of nitrogens with zero attached hydrogens (tertiary/aromatic N) is 1. The molecule has 0 bridgehead atoms. The molecule has 0 amide bonds. The summed E-state index contributed by atoms with van der Waals surface area (Å²) in [6.07, 6.45) is 0.396. The van der Waals surface area contributed by atoms with Crippen LogP contribution in [-0.4, -0.2) is 65.4 Å². The minimum Gasteiger partial charge on any atom is -0.393 e. The lowest BCUT2D eigenvalue weighted by Crippen LogP contribution is -2.42. The van der Waals surface area contributed by atoms with Gasteiger partial charge in [-0.05, 0) is 18.4 Å². The highest BCUT2D eigenvalue weighted by molar-refractivity contribution is 5.99. The van der Waals surface area contributed by atoms with Crippen LogP contribution in [0.3, 0.4) is 0 Å². The van der Waals surface area contributed by atoms with Gasteiger partial charge in [0.2, 0.25) is 0 Å². The second kappa shape index (κ2) is 10.5. The van der Waals surface area contributed by atoms with Crippen molar-refractivity contribution >= 4 is 5.78 Å². The fourth-order valence-corrected chi connectivity index (χ4v) is 3.52. The van der Waals surface area contributed by atoms with Crippen molar-refractivity contribution in [3.05, 3.63) is 71.8 Å². The Morgan fingerprint density at radius 1 is 1.04 bits per heavy atom. The number of Topliss-reactive ketones (excluding diaryl/α,β-unsaturated/α-hetero) is 1. The summed E-state index contributed by atoms with van der Waals surface area (Å²) in [6.45, 7) is 2.14. The molecule has 2 unspecified atom stereocenters.